The number of anilines is 2. The molecule has 0 atom stereocenters. The summed E-state index contributed by atoms with van der Waals surface area (Å²) in [5, 5.41) is 0.212. The van der Waals surface area contributed by atoms with Gasteiger partial charge in [0, 0.05) is 6.07 Å². The Morgan fingerprint density at radius 3 is 2.33 bits per heavy atom. The second kappa shape index (κ2) is 9.63. The van der Waals surface area contributed by atoms with Crippen molar-refractivity contribution in [1.82, 2.24) is 24.5 Å². The lowest BCUT2D eigenvalue weighted by molar-refractivity contribution is 0.265. The van der Waals surface area contributed by atoms with Crippen molar-refractivity contribution in [2.24, 2.45) is 0 Å². The molecule has 4 rings (SSSR count). The molecule has 3 heterocycles. The summed E-state index contributed by atoms with van der Waals surface area (Å²) in [4.78, 5) is 29.3. The summed E-state index contributed by atoms with van der Waals surface area (Å²) in [6, 6.07) is 10.2. The topological polar surface area (TPSA) is 194 Å². The second-order valence-corrected chi connectivity index (χ2v) is 8.39. The van der Waals surface area contributed by atoms with Crippen LogP contribution in [0.4, 0.5) is 16.4 Å². The van der Waals surface area contributed by atoms with E-state index in [1.807, 2.05) is 12.2 Å². The molecule has 0 spiro atoms. The fraction of sp³-hybridized carbons (Fsp3) is 0.190. The van der Waals surface area contributed by atoms with Crippen LogP contribution in [-0.2, 0) is 10.1 Å². The SMILES string of the molecule is CCOc1cccc(-c2nc3nc(N)c(NC(=O)S(=O)(=O)O)nc3n2-c2c(OC)cccc2OC)n1. The molecule has 15 heteroatoms. The third-order valence-electron chi connectivity index (χ3n) is 4.85. The number of methoxy groups -OCH3 is 2. The summed E-state index contributed by atoms with van der Waals surface area (Å²) in [7, 11) is -2.13. The molecule has 0 saturated carbocycles. The molecule has 4 aromatic rings. The van der Waals surface area contributed by atoms with Gasteiger partial charge in [0.05, 0.1) is 20.8 Å². The number of para-hydroxylation sites is 1. The number of hydrogen-bond acceptors (Lipinski definition) is 11. The number of imidazole rings is 1. The van der Waals surface area contributed by atoms with E-state index in [1.165, 1.54) is 18.8 Å². The number of nitrogens with two attached hydrogens (primary N) is 1. The van der Waals surface area contributed by atoms with Crippen molar-refractivity contribution in [1.29, 1.82) is 0 Å². The number of nitrogens with one attached hydrogen (secondary N) is 1. The van der Waals surface area contributed by atoms with Crippen LogP contribution in [0.3, 0.4) is 0 Å². The highest BCUT2D eigenvalue weighted by Gasteiger charge is 2.26. The number of nitrogens with zero attached hydrogens (tertiary/aromatic N) is 5. The van der Waals surface area contributed by atoms with E-state index in [2.05, 4.69) is 19.9 Å². The van der Waals surface area contributed by atoms with E-state index in [0.717, 1.165) is 0 Å². The van der Waals surface area contributed by atoms with Crippen molar-refractivity contribution >= 4 is 38.3 Å². The lowest BCUT2D eigenvalue weighted by Gasteiger charge is -2.16. The first-order chi connectivity index (χ1) is 17.2. The monoisotopic (exact) mass is 515 g/mol. The lowest BCUT2D eigenvalue weighted by Crippen LogP contribution is -2.22. The van der Waals surface area contributed by atoms with Crippen molar-refractivity contribution in [3.8, 4) is 34.6 Å². The van der Waals surface area contributed by atoms with Gasteiger partial charge >= 0.3 is 15.4 Å². The van der Waals surface area contributed by atoms with E-state index in [-0.39, 0.29) is 22.9 Å². The first kappa shape index (κ1) is 24.6. The number of ether oxygens (including phenoxy) is 3. The van der Waals surface area contributed by atoms with Gasteiger partial charge in [-0.2, -0.15) is 8.42 Å². The Kier molecular flexibility index (Phi) is 6.59. The van der Waals surface area contributed by atoms with E-state index >= 15 is 0 Å². The maximum atomic E-state index is 11.8. The van der Waals surface area contributed by atoms with Gasteiger partial charge in [0.1, 0.15) is 22.9 Å². The minimum Gasteiger partial charge on any atom is -0.494 e. The number of carbonyl (C=O) groups excluding carboxylic acids is 1. The van der Waals surface area contributed by atoms with Crippen molar-refractivity contribution in [3.63, 3.8) is 0 Å². The molecule has 0 fully saturated rings. The zero-order valence-electron chi connectivity index (χ0n) is 19.3. The molecule has 0 bridgehead atoms. The quantitative estimate of drug-likeness (QED) is 0.304. The third-order valence-corrected chi connectivity index (χ3v) is 5.42. The maximum Gasteiger partial charge on any atom is 0.369 e. The van der Waals surface area contributed by atoms with Gasteiger partial charge in [-0.15, -0.1) is 0 Å². The Bertz CT molecular complexity index is 1550. The van der Waals surface area contributed by atoms with Gasteiger partial charge in [0.25, 0.3) is 0 Å². The Morgan fingerprint density at radius 2 is 1.72 bits per heavy atom. The number of benzene rings is 1. The van der Waals surface area contributed by atoms with Gasteiger partial charge in [0.15, 0.2) is 23.1 Å². The molecule has 36 heavy (non-hydrogen) atoms. The van der Waals surface area contributed by atoms with Crippen LogP contribution < -0.4 is 25.3 Å². The number of carbonyl (C=O) groups is 1. The summed E-state index contributed by atoms with van der Waals surface area (Å²) in [5.41, 5.74) is 6.73. The van der Waals surface area contributed by atoms with Crippen molar-refractivity contribution in [2.45, 2.75) is 6.92 Å². The summed E-state index contributed by atoms with van der Waals surface area (Å²) < 4.78 is 49.6. The number of nitrogen functional groups attached to an aromatic ring is 1. The number of fused-ring (bicyclic) bond motifs is 1. The molecule has 0 aliphatic rings. The smallest absolute Gasteiger partial charge is 0.369 e. The average Bonchev–Trinajstić information content (AvgIpc) is 3.21. The molecule has 14 nitrogen and oxygen atoms in total. The molecule has 188 valence electrons. The van der Waals surface area contributed by atoms with Crippen LogP contribution in [0, 0.1) is 0 Å². The molecule has 0 radical (unpaired) electrons. The van der Waals surface area contributed by atoms with Crippen molar-refractivity contribution < 1.29 is 32.0 Å². The predicted molar refractivity (Wildman–Crippen MR) is 129 cm³/mol. The molecule has 0 aliphatic heterocycles. The van der Waals surface area contributed by atoms with Gasteiger partial charge < -0.3 is 19.9 Å². The first-order valence-corrected chi connectivity index (χ1v) is 11.8. The Labute approximate surface area is 204 Å². The van der Waals surface area contributed by atoms with Crippen LogP contribution in [0.15, 0.2) is 36.4 Å². The maximum absolute atomic E-state index is 11.8. The van der Waals surface area contributed by atoms with E-state index < -0.39 is 21.2 Å². The van der Waals surface area contributed by atoms with Gasteiger partial charge in [0.2, 0.25) is 11.5 Å². The highest BCUT2D eigenvalue weighted by molar-refractivity contribution is 8.01. The molecule has 0 aliphatic carbocycles. The minimum absolute atomic E-state index is 0.0453. The third kappa shape index (κ3) is 4.56. The van der Waals surface area contributed by atoms with Crippen LogP contribution in [-0.4, -0.2) is 63.5 Å². The fourth-order valence-corrected chi connectivity index (χ4v) is 3.59. The summed E-state index contributed by atoms with van der Waals surface area (Å²) in [5.74, 6) is 0.589. The zero-order chi connectivity index (χ0) is 26.0. The standard InChI is InChI=1S/C21H21N7O7S/c1-4-35-14-10-5-7-11(23-14)19-26-18-20(25-17(16(22)24-18)27-21(29)36(30,31)32)28(19)15-12(33-2)8-6-9-13(15)34-3/h5-10H,4H2,1-3H3,(H2,22,24)(H,25,27,29)(H,30,31,32). The van der Waals surface area contributed by atoms with Crippen LogP contribution in [0.2, 0.25) is 0 Å². The summed E-state index contributed by atoms with van der Waals surface area (Å²) in [6.45, 7) is 2.21. The molecule has 3 aromatic heterocycles. The van der Waals surface area contributed by atoms with E-state index in [9.17, 15) is 13.2 Å². The van der Waals surface area contributed by atoms with E-state index in [1.54, 1.807) is 36.4 Å². The molecular formula is C21H21N7O7S. The lowest BCUT2D eigenvalue weighted by atomic mass is 10.2. The second-order valence-electron chi connectivity index (χ2n) is 7.07. The highest BCUT2D eigenvalue weighted by atomic mass is 32.2. The number of aromatic nitrogens is 5. The van der Waals surface area contributed by atoms with E-state index in [4.69, 9.17) is 24.5 Å². The van der Waals surface area contributed by atoms with Crippen LogP contribution >= 0.6 is 0 Å². The highest BCUT2D eigenvalue weighted by Crippen LogP contribution is 2.38. The summed E-state index contributed by atoms with van der Waals surface area (Å²) in [6.07, 6.45) is 0. The fourth-order valence-electron chi connectivity index (χ4n) is 3.36. The molecule has 1 aromatic carbocycles. The Hall–Kier alpha value is -4.50. The number of hydrogen-bond donors (Lipinski definition) is 3. The normalized spacial score (nSPS) is 11.3. The molecular weight excluding hydrogens is 494 g/mol. The Balaban J connectivity index is 2.06. The number of amides is 1. The number of pyridine rings is 1. The minimum atomic E-state index is -5.06. The van der Waals surface area contributed by atoms with Crippen LogP contribution in [0.25, 0.3) is 28.5 Å². The molecule has 1 amide bonds. The molecule has 0 saturated heterocycles. The predicted octanol–water partition coefficient (Wildman–Crippen LogP) is 2.30. The van der Waals surface area contributed by atoms with Gasteiger partial charge in [-0.05, 0) is 25.1 Å². The van der Waals surface area contributed by atoms with Crippen molar-refractivity contribution in [3.05, 3.63) is 36.4 Å². The van der Waals surface area contributed by atoms with Gasteiger partial charge in [-0.25, -0.2) is 19.9 Å². The Morgan fingerprint density at radius 1 is 1.06 bits per heavy atom. The zero-order valence-corrected chi connectivity index (χ0v) is 20.1. The van der Waals surface area contributed by atoms with E-state index in [0.29, 0.717) is 35.4 Å². The van der Waals surface area contributed by atoms with Crippen LogP contribution in [0.1, 0.15) is 6.92 Å². The largest absolute Gasteiger partial charge is 0.494 e. The van der Waals surface area contributed by atoms with Gasteiger partial charge in [-0.1, -0.05) is 12.1 Å². The molecule has 4 N–H and O–H groups in total. The van der Waals surface area contributed by atoms with Crippen molar-refractivity contribution in [2.75, 3.05) is 31.9 Å². The average molecular weight is 516 g/mol. The molecule has 0 unspecified atom stereocenters. The van der Waals surface area contributed by atoms with Gasteiger partial charge in [-0.3, -0.25) is 19.2 Å². The first-order valence-electron chi connectivity index (χ1n) is 10.3. The van der Waals surface area contributed by atoms with Crippen LogP contribution in [0.5, 0.6) is 17.4 Å². The number of rotatable bonds is 7. The summed E-state index contributed by atoms with van der Waals surface area (Å²) >= 11 is 0.